The van der Waals surface area contributed by atoms with Gasteiger partial charge in [0, 0.05) is 18.0 Å². The van der Waals surface area contributed by atoms with E-state index in [9.17, 15) is 4.79 Å². The van der Waals surface area contributed by atoms with Crippen LogP contribution in [0, 0.1) is 6.92 Å². The lowest BCUT2D eigenvalue weighted by Crippen LogP contribution is -2.37. The second kappa shape index (κ2) is 9.10. The van der Waals surface area contributed by atoms with Crippen LogP contribution < -0.4 is 5.32 Å². The molecular formula is C15H26N2O2S. The van der Waals surface area contributed by atoms with Gasteiger partial charge in [0.2, 0.25) is 0 Å². The van der Waals surface area contributed by atoms with Crippen molar-refractivity contribution in [2.24, 2.45) is 0 Å². The number of carbonyl (C=O) groups is 1. The fourth-order valence-corrected chi connectivity index (χ4v) is 3.08. The lowest BCUT2D eigenvalue weighted by molar-refractivity contribution is -0.145. The minimum atomic E-state index is -0.342. The largest absolute Gasteiger partial charge is 0.465 e. The van der Waals surface area contributed by atoms with Gasteiger partial charge < -0.3 is 9.64 Å². The van der Waals surface area contributed by atoms with E-state index in [0.717, 1.165) is 36.6 Å². The fraction of sp³-hybridized carbons (Fsp3) is 0.667. The molecule has 0 aliphatic rings. The van der Waals surface area contributed by atoms with Crippen LogP contribution in [0.2, 0.25) is 0 Å². The van der Waals surface area contributed by atoms with Gasteiger partial charge in [-0.3, -0.25) is 5.32 Å². The predicted octanol–water partition coefficient (Wildman–Crippen LogP) is 2.59. The highest BCUT2D eigenvalue weighted by Crippen LogP contribution is 2.24. The molecule has 1 atom stereocenters. The number of carbonyl (C=O) groups excluding carboxylic acids is 1. The summed E-state index contributed by atoms with van der Waals surface area (Å²) in [7, 11) is 0. The Morgan fingerprint density at radius 2 is 2.10 bits per heavy atom. The molecule has 0 saturated carbocycles. The Balaban J connectivity index is 2.65. The van der Waals surface area contributed by atoms with Gasteiger partial charge >= 0.3 is 5.97 Å². The maximum atomic E-state index is 12.1. The fourth-order valence-electron chi connectivity index (χ4n) is 2.10. The zero-order chi connectivity index (χ0) is 15.0. The number of nitrogens with zero attached hydrogens (tertiary/aromatic N) is 1. The number of likely N-dealkylation sites (N-methyl/N-ethyl adjacent to an activating group) is 1. The van der Waals surface area contributed by atoms with Crippen molar-refractivity contribution >= 4 is 17.3 Å². The number of hydrogen-bond acceptors (Lipinski definition) is 5. The van der Waals surface area contributed by atoms with Crippen molar-refractivity contribution < 1.29 is 9.53 Å². The van der Waals surface area contributed by atoms with Gasteiger partial charge in [0.15, 0.2) is 0 Å². The molecule has 4 nitrogen and oxygen atoms in total. The number of nitrogens with one attached hydrogen (secondary N) is 1. The second-order valence-electron chi connectivity index (χ2n) is 4.63. The van der Waals surface area contributed by atoms with Gasteiger partial charge in [0.1, 0.15) is 6.04 Å². The molecule has 1 aromatic heterocycles. The van der Waals surface area contributed by atoms with Crippen molar-refractivity contribution in [1.29, 1.82) is 0 Å². The van der Waals surface area contributed by atoms with E-state index in [1.807, 2.05) is 25.3 Å². The van der Waals surface area contributed by atoms with Crippen LogP contribution in [0.1, 0.15) is 37.3 Å². The van der Waals surface area contributed by atoms with Crippen molar-refractivity contribution in [3.05, 3.63) is 21.9 Å². The summed E-state index contributed by atoms with van der Waals surface area (Å²) in [6.07, 6.45) is 0. The molecule has 0 fully saturated rings. The van der Waals surface area contributed by atoms with Crippen LogP contribution in [0.15, 0.2) is 11.4 Å². The molecule has 0 aromatic carbocycles. The standard InChI is InChI=1S/C15H26N2O2S/c1-5-17(6-2)10-9-16-13(15(18)19-7-3)14-12(4)8-11-20-14/h8,11,13,16H,5-7,9-10H2,1-4H3. The van der Waals surface area contributed by atoms with Gasteiger partial charge in [-0.25, -0.2) is 4.79 Å². The normalized spacial score (nSPS) is 12.7. The quantitative estimate of drug-likeness (QED) is 0.712. The van der Waals surface area contributed by atoms with Crippen LogP contribution >= 0.6 is 11.3 Å². The van der Waals surface area contributed by atoms with Crippen LogP contribution in [-0.2, 0) is 9.53 Å². The van der Waals surface area contributed by atoms with Crippen LogP contribution in [0.4, 0.5) is 0 Å². The van der Waals surface area contributed by atoms with E-state index >= 15 is 0 Å². The van der Waals surface area contributed by atoms with Crippen molar-refractivity contribution in [3.8, 4) is 0 Å². The summed E-state index contributed by atoms with van der Waals surface area (Å²) in [5.74, 6) is -0.183. The Morgan fingerprint density at radius 1 is 1.40 bits per heavy atom. The Bertz CT molecular complexity index is 402. The Morgan fingerprint density at radius 3 is 2.60 bits per heavy atom. The zero-order valence-electron chi connectivity index (χ0n) is 12.9. The number of esters is 1. The van der Waals surface area contributed by atoms with Gasteiger partial charge in [0.25, 0.3) is 0 Å². The summed E-state index contributed by atoms with van der Waals surface area (Å²) in [5, 5.41) is 5.36. The van der Waals surface area contributed by atoms with Crippen LogP contribution in [0.3, 0.4) is 0 Å². The van der Waals surface area contributed by atoms with Crippen molar-refractivity contribution in [1.82, 2.24) is 10.2 Å². The third-order valence-corrected chi connectivity index (χ3v) is 4.44. The predicted molar refractivity (Wildman–Crippen MR) is 84.2 cm³/mol. The SMILES string of the molecule is CCOC(=O)C(NCCN(CC)CC)c1sccc1C. The van der Waals surface area contributed by atoms with E-state index in [1.54, 1.807) is 11.3 Å². The average Bonchev–Trinajstić information content (AvgIpc) is 2.85. The lowest BCUT2D eigenvalue weighted by atomic mass is 10.1. The minimum absolute atomic E-state index is 0.183. The van der Waals surface area contributed by atoms with E-state index in [2.05, 4.69) is 24.1 Å². The third kappa shape index (κ3) is 4.89. The number of hydrogen-bond donors (Lipinski definition) is 1. The van der Waals surface area contributed by atoms with E-state index in [4.69, 9.17) is 4.74 Å². The van der Waals surface area contributed by atoms with E-state index in [-0.39, 0.29) is 12.0 Å². The molecule has 0 amide bonds. The first kappa shape index (κ1) is 17.1. The molecule has 1 rings (SSSR count). The first-order valence-corrected chi connectivity index (χ1v) is 8.18. The molecule has 0 bridgehead atoms. The average molecular weight is 298 g/mol. The summed E-state index contributed by atoms with van der Waals surface area (Å²) in [5.41, 5.74) is 1.14. The van der Waals surface area contributed by atoms with Crippen molar-refractivity contribution in [3.63, 3.8) is 0 Å². The summed E-state index contributed by atoms with van der Waals surface area (Å²) < 4.78 is 5.18. The van der Waals surface area contributed by atoms with Gasteiger partial charge in [-0.1, -0.05) is 13.8 Å². The molecule has 5 heteroatoms. The van der Waals surface area contributed by atoms with E-state index < -0.39 is 0 Å². The van der Waals surface area contributed by atoms with Crippen molar-refractivity contribution in [2.75, 3.05) is 32.8 Å². The Hall–Kier alpha value is -0.910. The molecule has 114 valence electrons. The maximum absolute atomic E-state index is 12.1. The molecule has 0 aliphatic carbocycles. The maximum Gasteiger partial charge on any atom is 0.328 e. The van der Waals surface area contributed by atoms with Crippen molar-refractivity contribution in [2.45, 2.75) is 33.7 Å². The molecule has 1 unspecified atom stereocenters. The molecule has 0 radical (unpaired) electrons. The number of rotatable bonds is 9. The summed E-state index contributed by atoms with van der Waals surface area (Å²) >= 11 is 1.61. The second-order valence-corrected chi connectivity index (χ2v) is 5.58. The third-order valence-electron chi connectivity index (χ3n) is 3.36. The summed E-state index contributed by atoms with van der Waals surface area (Å²) in [4.78, 5) is 15.5. The molecule has 1 heterocycles. The van der Waals surface area contributed by atoms with Crippen LogP contribution in [0.25, 0.3) is 0 Å². The molecule has 1 aromatic rings. The molecule has 0 spiro atoms. The van der Waals surface area contributed by atoms with Gasteiger partial charge in [0.05, 0.1) is 6.61 Å². The molecular weight excluding hydrogens is 272 g/mol. The van der Waals surface area contributed by atoms with E-state index in [0.29, 0.717) is 6.61 Å². The monoisotopic (exact) mass is 298 g/mol. The molecule has 0 aliphatic heterocycles. The van der Waals surface area contributed by atoms with Crippen LogP contribution in [0.5, 0.6) is 0 Å². The number of ether oxygens (including phenoxy) is 1. The highest BCUT2D eigenvalue weighted by atomic mass is 32.1. The highest BCUT2D eigenvalue weighted by Gasteiger charge is 2.24. The Kier molecular flexibility index (Phi) is 7.80. The van der Waals surface area contributed by atoms with E-state index in [1.165, 1.54) is 0 Å². The summed E-state index contributed by atoms with van der Waals surface area (Å²) in [6, 6.07) is 1.70. The topological polar surface area (TPSA) is 41.6 Å². The first-order chi connectivity index (χ1) is 9.63. The van der Waals surface area contributed by atoms with Gasteiger partial charge in [-0.2, -0.15) is 0 Å². The number of thiophene rings is 1. The smallest absolute Gasteiger partial charge is 0.328 e. The lowest BCUT2D eigenvalue weighted by Gasteiger charge is -2.21. The number of aryl methyl sites for hydroxylation is 1. The molecule has 0 saturated heterocycles. The molecule has 1 N–H and O–H groups in total. The highest BCUT2D eigenvalue weighted by molar-refractivity contribution is 7.10. The van der Waals surface area contributed by atoms with Gasteiger partial charge in [-0.15, -0.1) is 11.3 Å². The zero-order valence-corrected chi connectivity index (χ0v) is 13.8. The Labute approximate surface area is 126 Å². The van der Waals surface area contributed by atoms with Gasteiger partial charge in [-0.05, 0) is 43.9 Å². The first-order valence-electron chi connectivity index (χ1n) is 7.30. The molecule has 20 heavy (non-hydrogen) atoms. The minimum Gasteiger partial charge on any atom is -0.465 e. The van der Waals surface area contributed by atoms with Crippen LogP contribution in [-0.4, -0.2) is 43.7 Å². The summed E-state index contributed by atoms with van der Waals surface area (Å²) in [6.45, 7) is 12.4.